The predicted octanol–water partition coefficient (Wildman–Crippen LogP) is 1.90. The molecule has 2 rings (SSSR count). The van der Waals surface area contributed by atoms with Crippen LogP contribution < -0.4 is 5.32 Å². The molecule has 1 unspecified atom stereocenters. The monoisotopic (exact) mass is 233 g/mol. The molecule has 3 nitrogen and oxygen atoms in total. The summed E-state index contributed by atoms with van der Waals surface area (Å²) in [6.45, 7) is 8.08. The maximum atomic E-state index is 4.11. The molecule has 1 aliphatic rings. The minimum absolute atomic E-state index is 0.877. The third kappa shape index (κ3) is 4.44. The molecule has 1 fully saturated rings. The Morgan fingerprint density at radius 3 is 3.24 bits per heavy atom. The largest absolute Gasteiger partial charge is 0.311 e. The van der Waals surface area contributed by atoms with Gasteiger partial charge >= 0.3 is 0 Å². The van der Waals surface area contributed by atoms with Crippen LogP contribution in [0.2, 0.25) is 0 Å². The van der Waals surface area contributed by atoms with Crippen molar-refractivity contribution in [3.8, 4) is 0 Å². The highest BCUT2D eigenvalue weighted by Crippen LogP contribution is 2.14. The van der Waals surface area contributed by atoms with Crippen molar-refractivity contribution in [2.24, 2.45) is 5.92 Å². The highest BCUT2D eigenvalue weighted by atomic mass is 15.1. The Kier molecular flexibility index (Phi) is 4.95. The lowest BCUT2D eigenvalue weighted by Gasteiger charge is -2.30. The van der Waals surface area contributed by atoms with Crippen LogP contribution in [0.25, 0.3) is 0 Å². The normalized spacial score (nSPS) is 21.6. The smallest absolute Gasteiger partial charge is 0.0312 e. The van der Waals surface area contributed by atoms with Crippen LogP contribution in [0.4, 0.5) is 0 Å². The highest BCUT2D eigenvalue weighted by Gasteiger charge is 2.14. The molecular weight excluding hydrogens is 210 g/mol. The molecule has 3 heteroatoms. The molecule has 1 aromatic rings. The van der Waals surface area contributed by atoms with Gasteiger partial charge in [-0.3, -0.25) is 4.98 Å². The quantitative estimate of drug-likeness (QED) is 0.787. The summed E-state index contributed by atoms with van der Waals surface area (Å²) in [6.07, 6.45) is 6.51. The van der Waals surface area contributed by atoms with Crippen LogP contribution in [0.1, 0.15) is 25.3 Å². The van der Waals surface area contributed by atoms with E-state index >= 15 is 0 Å². The fraction of sp³-hybridized carbons (Fsp3) is 0.643. The molecule has 1 N–H and O–H groups in total. The Morgan fingerprint density at radius 1 is 1.53 bits per heavy atom. The lowest BCUT2D eigenvalue weighted by molar-refractivity contribution is 0.184. The zero-order chi connectivity index (χ0) is 11.9. The second-order valence-electron chi connectivity index (χ2n) is 5.09. The Hall–Kier alpha value is -0.930. The molecule has 17 heavy (non-hydrogen) atoms. The molecule has 0 spiro atoms. The first kappa shape index (κ1) is 12.5. The number of nitrogens with zero attached hydrogens (tertiary/aromatic N) is 2. The lowest BCUT2D eigenvalue weighted by Crippen LogP contribution is -2.38. The Bertz CT molecular complexity index is 313. The van der Waals surface area contributed by atoms with Crippen molar-refractivity contribution in [2.45, 2.75) is 26.3 Å². The molecule has 1 aromatic heterocycles. The number of rotatable bonds is 5. The number of pyridine rings is 1. The van der Waals surface area contributed by atoms with Crippen molar-refractivity contribution in [1.82, 2.24) is 15.2 Å². The Morgan fingerprint density at radius 2 is 2.47 bits per heavy atom. The molecule has 0 amide bonds. The summed E-state index contributed by atoms with van der Waals surface area (Å²) in [6, 6.07) is 4.10. The maximum Gasteiger partial charge on any atom is 0.0312 e. The van der Waals surface area contributed by atoms with E-state index in [2.05, 4.69) is 28.2 Å². The van der Waals surface area contributed by atoms with Gasteiger partial charge in [-0.1, -0.05) is 13.0 Å². The van der Waals surface area contributed by atoms with Gasteiger partial charge in [0.05, 0.1) is 0 Å². The SMILES string of the molecule is CC1CCCN(CCNCc2cccnc2)C1. The molecule has 94 valence electrons. The minimum atomic E-state index is 0.877. The first-order chi connectivity index (χ1) is 8.34. The average molecular weight is 233 g/mol. The molecule has 0 radical (unpaired) electrons. The molecule has 1 saturated heterocycles. The third-order valence-corrected chi connectivity index (χ3v) is 3.40. The second kappa shape index (κ2) is 6.72. The molecule has 1 aliphatic heterocycles. The Balaban J connectivity index is 1.60. The van der Waals surface area contributed by atoms with Gasteiger partial charge in [-0.2, -0.15) is 0 Å². The lowest BCUT2D eigenvalue weighted by atomic mass is 10.0. The van der Waals surface area contributed by atoms with Crippen LogP contribution in [0, 0.1) is 5.92 Å². The zero-order valence-electron chi connectivity index (χ0n) is 10.7. The highest BCUT2D eigenvalue weighted by molar-refractivity contribution is 5.07. The minimum Gasteiger partial charge on any atom is -0.311 e. The molecule has 0 saturated carbocycles. The van der Waals surface area contributed by atoms with E-state index in [1.807, 2.05) is 18.5 Å². The van der Waals surface area contributed by atoms with Gasteiger partial charge < -0.3 is 10.2 Å². The molecule has 0 aliphatic carbocycles. The van der Waals surface area contributed by atoms with E-state index in [0.717, 1.165) is 19.0 Å². The van der Waals surface area contributed by atoms with Crippen molar-refractivity contribution in [2.75, 3.05) is 26.2 Å². The van der Waals surface area contributed by atoms with Gasteiger partial charge in [0.2, 0.25) is 0 Å². The van der Waals surface area contributed by atoms with Crippen molar-refractivity contribution < 1.29 is 0 Å². The van der Waals surface area contributed by atoms with Crippen LogP contribution in [0.15, 0.2) is 24.5 Å². The second-order valence-corrected chi connectivity index (χ2v) is 5.09. The summed E-state index contributed by atoms with van der Waals surface area (Å²) >= 11 is 0. The zero-order valence-corrected chi connectivity index (χ0v) is 10.7. The molecule has 0 aromatic carbocycles. The number of piperidine rings is 1. The van der Waals surface area contributed by atoms with E-state index < -0.39 is 0 Å². The summed E-state index contributed by atoms with van der Waals surface area (Å²) in [5, 5.41) is 3.48. The first-order valence-corrected chi connectivity index (χ1v) is 6.66. The molecule has 0 bridgehead atoms. The standard InChI is InChI=1S/C14H23N3/c1-13-4-3-8-17(12-13)9-7-16-11-14-5-2-6-15-10-14/h2,5-6,10,13,16H,3-4,7-9,11-12H2,1H3. The van der Waals surface area contributed by atoms with E-state index in [9.17, 15) is 0 Å². The number of nitrogens with one attached hydrogen (secondary N) is 1. The van der Waals surface area contributed by atoms with Crippen LogP contribution in [-0.4, -0.2) is 36.1 Å². The van der Waals surface area contributed by atoms with Crippen molar-refractivity contribution >= 4 is 0 Å². The van der Waals surface area contributed by atoms with Gasteiger partial charge in [-0.15, -0.1) is 0 Å². The number of hydrogen-bond donors (Lipinski definition) is 1. The van der Waals surface area contributed by atoms with Gasteiger partial charge in [0.25, 0.3) is 0 Å². The van der Waals surface area contributed by atoms with Gasteiger partial charge in [0.15, 0.2) is 0 Å². The predicted molar refractivity (Wildman–Crippen MR) is 70.8 cm³/mol. The number of likely N-dealkylation sites (tertiary alicyclic amines) is 1. The van der Waals surface area contributed by atoms with Gasteiger partial charge in [-0.25, -0.2) is 0 Å². The van der Waals surface area contributed by atoms with E-state index in [-0.39, 0.29) is 0 Å². The van der Waals surface area contributed by atoms with E-state index in [1.54, 1.807) is 0 Å². The molecular formula is C14H23N3. The van der Waals surface area contributed by atoms with E-state index in [4.69, 9.17) is 0 Å². The van der Waals surface area contributed by atoms with Gasteiger partial charge in [0, 0.05) is 38.6 Å². The first-order valence-electron chi connectivity index (χ1n) is 6.66. The fourth-order valence-corrected chi connectivity index (χ4v) is 2.46. The van der Waals surface area contributed by atoms with Crippen LogP contribution in [-0.2, 0) is 6.54 Å². The van der Waals surface area contributed by atoms with Crippen molar-refractivity contribution in [3.05, 3.63) is 30.1 Å². The summed E-state index contributed by atoms with van der Waals surface area (Å²) < 4.78 is 0. The van der Waals surface area contributed by atoms with E-state index in [1.165, 1.54) is 38.0 Å². The third-order valence-electron chi connectivity index (χ3n) is 3.40. The van der Waals surface area contributed by atoms with Gasteiger partial charge in [-0.05, 0) is 36.9 Å². The fourth-order valence-electron chi connectivity index (χ4n) is 2.46. The maximum absolute atomic E-state index is 4.11. The van der Waals surface area contributed by atoms with E-state index in [0.29, 0.717) is 0 Å². The van der Waals surface area contributed by atoms with Crippen LogP contribution in [0.5, 0.6) is 0 Å². The number of hydrogen-bond acceptors (Lipinski definition) is 3. The van der Waals surface area contributed by atoms with Gasteiger partial charge in [0.1, 0.15) is 0 Å². The Labute approximate surface area is 104 Å². The van der Waals surface area contributed by atoms with Crippen LogP contribution >= 0.6 is 0 Å². The summed E-state index contributed by atoms with van der Waals surface area (Å²) in [4.78, 5) is 6.69. The number of aromatic nitrogens is 1. The summed E-state index contributed by atoms with van der Waals surface area (Å²) in [5.41, 5.74) is 1.26. The van der Waals surface area contributed by atoms with Crippen LogP contribution in [0.3, 0.4) is 0 Å². The average Bonchev–Trinajstić information content (AvgIpc) is 2.36. The molecule has 1 atom stereocenters. The topological polar surface area (TPSA) is 28.2 Å². The summed E-state index contributed by atoms with van der Waals surface area (Å²) in [7, 11) is 0. The molecule has 2 heterocycles. The van der Waals surface area contributed by atoms with Crippen molar-refractivity contribution in [3.63, 3.8) is 0 Å². The van der Waals surface area contributed by atoms with Crippen molar-refractivity contribution in [1.29, 1.82) is 0 Å². The summed E-state index contributed by atoms with van der Waals surface area (Å²) in [5.74, 6) is 0.877.